The van der Waals surface area contributed by atoms with Gasteiger partial charge >= 0.3 is 0 Å². The second-order valence-corrected chi connectivity index (χ2v) is 7.30. The van der Waals surface area contributed by atoms with Crippen LogP contribution in [0.1, 0.15) is 66.7 Å². The van der Waals surface area contributed by atoms with Crippen molar-refractivity contribution < 1.29 is 0 Å². The Hall–Kier alpha value is -0.0800. The SMILES string of the molecule is CC.CC.CC1CC2(CN3CC4(CCC4)C3)CC2N1C. The summed E-state index contributed by atoms with van der Waals surface area (Å²) in [7, 11) is 2.33. The molecule has 2 saturated carbocycles. The molecule has 0 aromatic rings. The Morgan fingerprint density at radius 1 is 1.00 bits per heavy atom. The van der Waals surface area contributed by atoms with Crippen LogP contribution < -0.4 is 0 Å². The molecule has 20 heavy (non-hydrogen) atoms. The Bertz CT molecular complexity index is 315. The van der Waals surface area contributed by atoms with Gasteiger partial charge in [0, 0.05) is 37.1 Å². The highest BCUT2D eigenvalue weighted by Crippen LogP contribution is 2.60. The molecule has 0 aromatic carbocycles. The van der Waals surface area contributed by atoms with Crippen molar-refractivity contribution in [2.75, 3.05) is 26.7 Å². The van der Waals surface area contributed by atoms with Crippen LogP contribution in [0.15, 0.2) is 0 Å². The Labute approximate surface area is 126 Å². The van der Waals surface area contributed by atoms with Gasteiger partial charge in [0.1, 0.15) is 0 Å². The first-order valence-corrected chi connectivity index (χ1v) is 9.07. The van der Waals surface area contributed by atoms with Gasteiger partial charge in [-0.05, 0) is 45.1 Å². The largest absolute Gasteiger partial charge is 0.302 e. The van der Waals surface area contributed by atoms with E-state index < -0.39 is 0 Å². The first kappa shape index (κ1) is 16.3. The molecule has 0 amide bonds. The van der Waals surface area contributed by atoms with Gasteiger partial charge in [-0.1, -0.05) is 34.1 Å². The van der Waals surface area contributed by atoms with Crippen molar-refractivity contribution in [3.05, 3.63) is 0 Å². The molecule has 2 heterocycles. The third-order valence-electron chi connectivity index (χ3n) is 6.11. The second kappa shape index (κ2) is 5.96. The Balaban J connectivity index is 0.000000340. The minimum Gasteiger partial charge on any atom is -0.302 e. The van der Waals surface area contributed by atoms with Crippen LogP contribution in [0.5, 0.6) is 0 Å². The summed E-state index contributed by atoms with van der Waals surface area (Å²) in [6.45, 7) is 14.7. The summed E-state index contributed by atoms with van der Waals surface area (Å²) in [5.41, 5.74) is 1.54. The van der Waals surface area contributed by atoms with Gasteiger partial charge < -0.3 is 9.80 Å². The monoisotopic (exact) mass is 280 g/mol. The summed E-state index contributed by atoms with van der Waals surface area (Å²) in [5, 5.41) is 0. The minimum absolute atomic E-state index is 0.722. The van der Waals surface area contributed by atoms with E-state index >= 15 is 0 Å². The lowest BCUT2D eigenvalue weighted by atomic mass is 9.63. The molecule has 3 unspecified atom stereocenters. The van der Waals surface area contributed by atoms with Crippen molar-refractivity contribution >= 4 is 0 Å². The smallest absolute Gasteiger partial charge is 0.0171 e. The molecule has 2 nitrogen and oxygen atoms in total. The van der Waals surface area contributed by atoms with E-state index in [4.69, 9.17) is 0 Å². The lowest BCUT2D eigenvalue weighted by Crippen LogP contribution is -2.60. The standard InChI is InChI=1S/C14H24N2.2C2H6/c1-11-6-14(7-12(14)15(11)2)10-16-8-13(9-16)4-3-5-13;2*1-2/h11-12H,3-10H2,1-2H3;2*1-2H3. The van der Waals surface area contributed by atoms with E-state index in [0.717, 1.165) is 22.9 Å². The summed E-state index contributed by atoms with van der Waals surface area (Å²) >= 11 is 0. The normalized spacial score (nSPS) is 40.5. The topological polar surface area (TPSA) is 6.48 Å². The lowest BCUT2D eigenvalue weighted by Gasteiger charge is -2.57. The van der Waals surface area contributed by atoms with Crippen LogP contribution in [0.25, 0.3) is 0 Å². The molecular weight excluding hydrogens is 244 g/mol. The quantitative estimate of drug-likeness (QED) is 0.754. The van der Waals surface area contributed by atoms with Crippen molar-refractivity contribution in [2.24, 2.45) is 10.8 Å². The zero-order chi connectivity index (χ0) is 15.0. The van der Waals surface area contributed by atoms with E-state index in [1.54, 1.807) is 0 Å². The Morgan fingerprint density at radius 3 is 2.00 bits per heavy atom. The first-order chi connectivity index (χ1) is 9.63. The van der Waals surface area contributed by atoms with Gasteiger partial charge in [-0.15, -0.1) is 0 Å². The van der Waals surface area contributed by atoms with Crippen molar-refractivity contribution in [3.8, 4) is 0 Å². The number of rotatable bonds is 2. The van der Waals surface area contributed by atoms with Crippen LogP contribution in [0.2, 0.25) is 0 Å². The van der Waals surface area contributed by atoms with Crippen LogP contribution in [0.4, 0.5) is 0 Å². The highest BCUT2D eigenvalue weighted by Gasteiger charge is 2.63. The Morgan fingerprint density at radius 2 is 1.60 bits per heavy atom. The molecule has 2 saturated heterocycles. The summed E-state index contributed by atoms with van der Waals surface area (Å²) in [6, 6.07) is 1.76. The van der Waals surface area contributed by atoms with Crippen molar-refractivity contribution in [3.63, 3.8) is 0 Å². The summed E-state index contributed by atoms with van der Waals surface area (Å²) in [6.07, 6.45) is 7.49. The fourth-order valence-corrected chi connectivity index (χ4v) is 4.85. The minimum atomic E-state index is 0.722. The van der Waals surface area contributed by atoms with Crippen LogP contribution in [-0.4, -0.2) is 48.6 Å². The highest BCUT2D eigenvalue weighted by molar-refractivity contribution is 5.17. The predicted molar refractivity (Wildman–Crippen MR) is 88.1 cm³/mol. The molecule has 2 heteroatoms. The number of hydrogen-bond donors (Lipinski definition) is 0. The molecule has 4 fully saturated rings. The average Bonchev–Trinajstić information content (AvgIpc) is 3.03. The molecule has 1 spiro atoms. The maximum Gasteiger partial charge on any atom is 0.0171 e. The molecule has 0 radical (unpaired) electrons. The summed E-state index contributed by atoms with van der Waals surface area (Å²) < 4.78 is 0. The van der Waals surface area contributed by atoms with Gasteiger partial charge in [-0.2, -0.15) is 0 Å². The van der Waals surface area contributed by atoms with E-state index in [0.29, 0.717) is 0 Å². The van der Waals surface area contributed by atoms with Crippen molar-refractivity contribution in [1.29, 1.82) is 0 Å². The molecule has 4 rings (SSSR count). The molecule has 0 bridgehead atoms. The molecule has 3 atom stereocenters. The van der Waals surface area contributed by atoms with E-state index in [-0.39, 0.29) is 0 Å². The van der Waals surface area contributed by atoms with Gasteiger partial charge in [0.15, 0.2) is 0 Å². The highest BCUT2D eigenvalue weighted by atomic mass is 15.3. The van der Waals surface area contributed by atoms with E-state index in [9.17, 15) is 0 Å². The zero-order valence-electron chi connectivity index (χ0n) is 14.7. The predicted octanol–water partition coefficient (Wildman–Crippen LogP) is 4.01. The van der Waals surface area contributed by atoms with Crippen LogP contribution in [-0.2, 0) is 0 Å². The fraction of sp³-hybridized carbons (Fsp3) is 1.00. The number of likely N-dealkylation sites (tertiary alicyclic amines) is 2. The Kier molecular flexibility index (Phi) is 4.86. The number of nitrogens with zero attached hydrogens (tertiary/aromatic N) is 2. The number of fused-ring (bicyclic) bond motifs is 1. The van der Waals surface area contributed by atoms with Gasteiger partial charge in [0.05, 0.1) is 0 Å². The van der Waals surface area contributed by atoms with Gasteiger partial charge in [-0.25, -0.2) is 0 Å². The lowest BCUT2D eigenvalue weighted by molar-refractivity contribution is -0.0688. The zero-order valence-corrected chi connectivity index (χ0v) is 14.7. The van der Waals surface area contributed by atoms with Crippen LogP contribution >= 0.6 is 0 Å². The summed E-state index contributed by atoms with van der Waals surface area (Å²) in [5.74, 6) is 0. The molecule has 2 aliphatic heterocycles. The molecule has 4 aliphatic rings. The first-order valence-electron chi connectivity index (χ1n) is 9.07. The molecule has 0 aromatic heterocycles. The van der Waals surface area contributed by atoms with Crippen LogP contribution in [0.3, 0.4) is 0 Å². The van der Waals surface area contributed by atoms with E-state index in [1.807, 2.05) is 27.7 Å². The maximum atomic E-state index is 2.76. The third-order valence-corrected chi connectivity index (χ3v) is 6.11. The number of hydrogen-bond acceptors (Lipinski definition) is 2. The van der Waals surface area contributed by atoms with E-state index in [2.05, 4.69) is 23.8 Å². The molecule has 2 aliphatic carbocycles. The molecule has 0 N–H and O–H groups in total. The third kappa shape index (κ3) is 2.54. The van der Waals surface area contributed by atoms with Gasteiger partial charge in [0.25, 0.3) is 0 Å². The maximum absolute atomic E-state index is 2.76. The summed E-state index contributed by atoms with van der Waals surface area (Å²) in [4.78, 5) is 5.38. The number of piperidine rings is 1. The molecular formula is C18H36N2. The van der Waals surface area contributed by atoms with E-state index in [1.165, 1.54) is 51.7 Å². The van der Waals surface area contributed by atoms with Crippen LogP contribution in [0, 0.1) is 10.8 Å². The van der Waals surface area contributed by atoms with Gasteiger partial charge in [-0.3, -0.25) is 0 Å². The van der Waals surface area contributed by atoms with Crippen molar-refractivity contribution in [1.82, 2.24) is 9.80 Å². The van der Waals surface area contributed by atoms with Crippen molar-refractivity contribution in [2.45, 2.75) is 78.8 Å². The van der Waals surface area contributed by atoms with Gasteiger partial charge in [0.2, 0.25) is 0 Å². The second-order valence-electron chi connectivity index (χ2n) is 7.30. The average molecular weight is 280 g/mol. The fourth-order valence-electron chi connectivity index (χ4n) is 4.85. The molecule has 118 valence electrons.